The van der Waals surface area contributed by atoms with Gasteiger partial charge in [-0.25, -0.2) is 9.37 Å². The molecule has 0 saturated heterocycles. The molecule has 1 heterocycles. The van der Waals surface area contributed by atoms with Gasteiger partial charge in [0.05, 0.1) is 12.1 Å². The average molecular weight is 408 g/mol. The predicted molar refractivity (Wildman–Crippen MR) is 106 cm³/mol. The highest BCUT2D eigenvalue weighted by atomic mass is 35.5. The fourth-order valence-electron chi connectivity index (χ4n) is 2.23. The van der Waals surface area contributed by atoms with E-state index in [0.29, 0.717) is 18.8 Å². The minimum Gasteiger partial charge on any atom is -0.345 e. The van der Waals surface area contributed by atoms with Gasteiger partial charge in [0.25, 0.3) is 0 Å². The standard InChI is InChI=1S/C17H22FN3OS.2ClH/c1-17(2,10-19)11-21(3)15(22)8-14-9-23-16(20-14)12-5-4-6-13(18)7-12;;/h4-7,9H,8,10-11,19H2,1-3H3;2*1H. The molecule has 0 atom stereocenters. The monoisotopic (exact) mass is 407 g/mol. The second-order valence-electron chi connectivity index (χ2n) is 6.45. The Balaban J connectivity index is 0.00000288. The molecule has 0 saturated carbocycles. The number of nitrogens with two attached hydrogens (primary N) is 1. The second kappa shape index (κ2) is 10.1. The first kappa shape index (κ1) is 23.8. The summed E-state index contributed by atoms with van der Waals surface area (Å²) in [5.74, 6) is -0.290. The van der Waals surface area contributed by atoms with Crippen LogP contribution in [0.1, 0.15) is 19.5 Å². The number of nitrogens with zero attached hydrogens (tertiary/aromatic N) is 2. The van der Waals surface area contributed by atoms with Crippen molar-refractivity contribution in [3.05, 3.63) is 41.2 Å². The first-order valence-corrected chi connectivity index (χ1v) is 8.33. The highest BCUT2D eigenvalue weighted by molar-refractivity contribution is 7.13. The molecule has 0 radical (unpaired) electrons. The van der Waals surface area contributed by atoms with Crippen molar-refractivity contribution in [3.63, 3.8) is 0 Å². The van der Waals surface area contributed by atoms with Crippen LogP contribution in [0, 0.1) is 11.2 Å². The number of hydrogen-bond acceptors (Lipinski definition) is 4. The van der Waals surface area contributed by atoms with Crippen LogP contribution < -0.4 is 5.73 Å². The van der Waals surface area contributed by atoms with Crippen LogP contribution in [0.4, 0.5) is 4.39 Å². The maximum Gasteiger partial charge on any atom is 0.228 e. The van der Waals surface area contributed by atoms with Gasteiger partial charge in [0.1, 0.15) is 10.8 Å². The number of amides is 1. The molecule has 0 aliphatic heterocycles. The number of rotatable bonds is 6. The summed E-state index contributed by atoms with van der Waals surface area (Å²) in [5.41, 5.74) is 7.03. The highest BCUT2D eigenvalue weighted by Gasteiger charge is 2.21. The van der Waals surface area contributed by atoms with Gasteiger partial charge in [0, 0.05) is 24.5 Å². The van der Waals surface area contributed by atoms with Gasteiger partial charge in [-0.2, -0.15) is 0 Å². The Labute approximate surface area is 164 Å². The van der Waals surface area contributed by atoms with Gasteiger partial charge in [0.15, 0.2) is 0 Å². The summed E-state index contributed by atoms with van der Waals surface area (Å²) in [6.07, 6.45) is 0.239. The fraction of sp³-hybridized carbons (Fsp3) is 0.412. The van der Waals surface area contributed by atoms with Gasteiger partial charge in [-0.05, 0) is 24.1 Å². The van der Waals surface area contributed by atoms with Gasteiger partial charge in [0.2, 0.25) is 5.91 Å². The molecule has 25 heavy (non-hydrogen) atoms. The molecule has 0 aliphatic rings. The van der Waals surface area contributed by atoms with Crippen LogP contribution in [-0.2, 0) is 11.2 Å². The summed E-state index contributed by atoms with van der Waals surface area (Å²) in [7, 11) is 1.78. The van der Waals surface area contributed by atoms with Crippen LogP contribution in [0.3, 0.4) is 0 Å². The molecular formula is C17H24Cl2FN3OS. The molecule has 2 rings (SSSR count). The van der Waals surface area contributed by atoms with E-state index in [2.05, 4.69) is 4.98 Å². The Kier molecular flexibility index (Phi) is 9.58. The predicted octanol–water partition coefficient (Wildman–Crippen LogP) is 3.78. The topological polar surface area (TPSA) is 59.2 Å². The number of aromatic nitrogens is 1. The number of carbonyl (C=O) groups is 1. The Morgan fingerprint density at radius 1 is 1.36 bits per heavy atom. The zero-order valence-corrected chi connectivity index (χ0v) is 16.9. The molecule has 2 aromatic rings. The number of benzene rings is 1. The number of halogens is 3. The van der Waals surface area contributed by atoms with Gasteiger partial charge in [-0.1, -0.05) is 26.0 Å². The molecule has 0 fully saturated rings. The third-order valence-electron chi connectivity index (χ3n) is 3.60. The third kappa shape index (κ3) is 6.90. The van der Waals surface area contributed by atoms with Crippen molar-refractivity contribution >= 4 is 42.1 Å². The number of thiazole rings is 1. The lowest BCUT2D eigenvalue weighted by Crippen LogP contribution is -2.40. The maximum atomic E-state index is 13.3. The van der Waals surface area contributed by atoms with E-state index < -0.39 is 0 Å². The lowest BCUT2D eigenvalue weighted by Gasteiger charge is -2.28. The summed E-state index contributed by atoms with van der Waals surface area (Å²) < 4.78 is 13.3. The summed E-state index contributed by atoms with van der Waals surface area (Å²) in [4.78, 5) is 18.4. The Hall–Kier alpha value is -1.21. The van der Waals surface area contributed by atoms with Crippen molar-refractivity contribution in [3.8, 4) is 10.6 Å². The summed E-state index contributed by atoms with van der Waals surface area (Å²) in [6, 6.07) is 6.30. The summed E-state index contributed by atoms with van der Waals surface area (Å²) in [5, 5.41) is 2.57. The molecule has 1 amide bonds. The van der Waals surface area contributed by atoms with Gasteiger partial charge in [-0.15, -0.1) is 36.2 Å². The minimum absolute atomic E-state index is 0. The van der Waals surface area contributed by atoms with Crippen LogP contribution >= 0.6 is 36.2 Å². The van der Waals surface area contributed by atoms with Crippen LogP contribution in [0.5, 0.6) is 0 Å². The van der Waals surface area contributed by atoms with Gasteiger partial charge < -0.3 is 10.6 Å². The molecular weight excluding hydrogens is 384 g/mol. The van der Waals surface area contributed by atoms with Gasteiger partial charge >= 0.3 is 0 Å². The SMILES string of the molecule is CN(CC(C)(C)CN)C(=O)Cc1csc(-c2cccc(F)c2)n1.Cl.Cl. The fourth-order valence-corrected chi connectivity index (χ4v) is 3.04. The second-order valence-corrected chi connectivity index (χ2v) is 7.31. The lowest BCUT2D eigenvalue weighted by molar-refractivity contribution is -0.130. The van der Waals surface area contributed by atoms with Crippen molar-refractivity contribution in [2.75, 3.05) is 20.1 Å². The molecule has 1 aromatic heterocycles. The Morgan fingerprint density at radius 3 is 2.64 bits per heavy atom. The quantitative estimate of drug-likeness (QED) is 0.792. The highest BCUT2D eigenvalue weighted by Crippen LogP contribution is 2.24. The summed E-state index contributed by atoms with van der Waals surface area (Å²) >= 11 is 1.41. The van der Waals surface area contributed by atoms with E-state index in [1.165, 1.54) is 23.5 Å². The number of hydrogen-bond donors (Lipinski definition) is 1. The Bertz CT molecular complexity index is 694. The first-order chi connectivity index (χ1) is 10.8. The van der Waals surface area contributed by atoms with E-state index in [0.717, 1.165) is 10.6 Å². The van der Waals surface area contributed by atoms with Crippen molar-refractivity contribution in [2.45, 2.75) is 20.3 Å². The number of likely N-dealkylation sites (N-methyl/N-ethyl adjacent to an activating group) is 1. The molecule has 4 nitrogen and oxygen atoms in total. The van der Waals surface area contributed by atoms with E-state index in [1.54, 1.807) is 18.0 Å². The van der Waals surface area contributed by atoms with E-state index in [9.17, 15) is 9.18 Å². The molecule has 1 aromatic carbocycles. The van der Waals surface area contributed by atoms with E-state index in [-0.39, 0.29) is 48.4 Å². The molecule has 0 bridgehead atoms. The summed E-state index contributed by atoms with van der Waals surface area (Å²) in [6.45, 7) is 5.18. The number of carbonyl (C=O) groups excluding carboxylic acids is 1. The molecule has 2 N–H and O–H groups in total. The molecule has 0 unspecified atom stereocenters. The van der Waals surface area contributed by atoms with Crippen LogP contribution in [0.2, 0.25) is 0 Å². The van der Waals surface area contributed by atoms with Crippen LogP contribution in [-0.4, -0.2) is 35.9 Å². The van der Waals surface area contributed by atoms with Crippen molar-refractivity contribution in [2.24, 2.45) is 11.1 Å². The van der Waals surface area contributed by atoms with E-state index >= 15 is 0 Å². The zero-order valence-electron chi connectivity index (χ0n) is 14.5. The maximum absolute atomic E-state index is 13.3. The molecule has 140 valence electrons. The molecule has 0 spiro atoms. The van der Waals surface area contributed by atoms with Gasteiger partial charge in [-0.3, -0.25) is 4.79 Å². The zero-order chi connectivity index (χ0) is 17.0. The average Bonchev–Trinajstić information content (AvgIpc) is 2.95. The Morgan fingerprint density at radius 2 is 2.04 bits per heavy atom. The smallest absolute Gasteiger partial charge is 0.228 e. The third-order valence-corrected chi connectivity index (χ3v) is 4.54. The van der Waals surface area contributed by atoms with Crippen molar-refractivity contribution in [1.82, 2.24) is 9.88 Å². The van der Waals surface area contributed by atoms with Crippen LogP contribution in [0.25, 0.3) is 10.6 Å². The largest absolute Gasteiger partial charge is 0.345 e. The van der Waals surface area contributed by atoms with E-state index in [1.807, 2.05) is 25.3 Å². The molecule has 8 heteroatoms. The first-order valence-electron chi connectivity index (χ1n) is 7.45. The van der Waals surface area contributed by atoms with Crippen molar-refractivity contribution in [1.29, 1.82) is 0 Å². The molecule has 0 aliphatic carbocycles. The van der Waals surface area contributed by atoms with Crippen molar-refractivity contribution < 1.29 is 9.18 Å². The van der Waals surface area contributed by atoms with Crippen LogP contribution in [0.15, 0.2) is 29.6 Å². The lowest BCUT2D eigenvalue weighted by atomic mass is 9.93. The normalized spacial score (nSPS) is 10.6. The van der Waals surface area contributed by atoms with E-state index in [4.69, 9.17) is 5.73 Å². The minimum atomic E-state index is -0.293.